The van der Waals surface area contributed by atoms with Gasteiger partial charge in [-0.05, 0) is 43.3 Å². The van der Waals surface area contributed by atoms with Crippen molar-refractivity contribution in [1.29, 1.82) is 0 Å². The van der Waals surface area contributed by atoms with Gasteiger partial charge in [0.1, 0.15) is 24.8 Å². The van der Waals surface area contributed by atoms with Gasteiger partial charge in [-0.3, -0.25) is 9.36 Å². The molecule has 0 atom stereocenters. The summed E-state index contributed by atoms with van der Waals surface area (Å²) in [4.78, 5) is 13.4. The van der Waals surface area contributed by atoms with E-state index in [-0.39, 0.29) is 18.3 Å². The second-order valence-corrected chi connectivity index (χ2v) is 9.33. The maximum atomic E-state index is 12.3. The Morgan fingerprint density at radius 3 is 2.29 bits per heavy atom. The molecule has 6 nitrogen and oxygen atoms in total. The molecule has 4 rings (SSSR count). The molecule has 0 aliphatic heterocycles. The lowest BCUT2D eigenvalue weighted by molar-refractivity contribution is -0.141. The first kappa shape index (κ1) is 23.9. The van der Waals surface area contributed by atoms with Crippen LogP contribution in [0.1, 0.15) is 11.4 Å². The third-order valence-corrected chi connectivity index (χ3v) is 6.69. The Morgan fingerprint density at radius 1 is 0.853 bits per heavy atom. The molecule has 0 spiro atoms. The van der Waals surface area contributed by atoms with Crippen LogP contribution in [0.2, 0.25) is 0 Å². The normalized spacial score (nSPS) is 10.7. The van der Waals surface area contributed by atoms with Crippen molar-refractivity contribution in [3.63, 3.8) is 0 Å². The molecule has 0 unspecified atom stereocenters. The molecule has 1 heterocycles. The lowest BCUT2D eigenvalue weighted by atomic mass is 10.2. The molecule has 8 heteroatoms. The van der Waals surface area contributed by atoms with E-state index < -0.39 is 0 Å². The number of carbonyl (C=O) groups excluding carboxylic acids is 1. The molecule has 0 bridgehead atoms. The Labute approximate surface area is 207 Å². The second-order valence-electron chi connectivity index (χ2n) is 7.34. The van der Waals surface area contributed by atoms with Crippen molar-refractivity contribution in [1.82, 2.24) is 14.8 Å². The topological polar surface area (TPSA) is 66.2 Å². The number of para-hydroxylation sites is 2. The smallest absolute Gasteiger partial charge is 0.316 e. The first-order valence-corrected chi connectivity index (χ1v) is 12.8. The zero-order chi connectivity index (χ0) is 23.6. The van der Waals surface area contributed by atoms with E-state index in [1.807, 2.05) is 65.2 Å². The molecule has 0 saturated carbocycles. The summed E-state index contributed by atoms with van der Waals surface area (Å²) in [5.74, 6) is 2.05. The predicted molar refractivity (Wildman–Crippen MR) is 136 cm³/mol. The van der Waals surface area contributed by atoms with Gasteiger partial charge in [0.25, 0.3) is 0 Å². The van der Waals surface area contributed by atoms with Crippen LogP contribution in [0.15, 0.2) is 95.0 Å². The van der Waals surface area contributed by atoms with Gasteiger partial charge in [0, 0.05) is 10.6 Å². The quantitative estimate of drug-likeness (QED) is 0.154. The summed E-state index contributed by atoms with van der Waals surface area (Å²) in [7, 11) is 0. The van der Waals surface area contributed by atoms with Crippen LogP contribution in [0.25, 0.3) is 5.69 Å². The zero-order valence-electron chi connectivity index (χ0n) is 18.8. The third kappa shape index (κ3) is 6.88. The molecule has 0 aliphatic rings. The van der Waals surface area contributed by atoms with E-state index in [0.717, 1.165) is 17.3 Å². The highest BCUT2D eigenvalue weighted by Crippen LogP contribution is 2.27. The number of aryl methyl sites for hydroxylation is 1. The van der Waals surface area contributed by atoms with Crippen LogP contribution in [-0.2, 0) is 15.3 Å². The molecule has 0 aliphatic carbocycles. The van der Waals surface area contributed by atoms with Crippen LogP contribution in [0, 0.1) is 6.92 Å². The third-order valence-electron chi connectivity index (χ3n) is 4.78. The molecular formula is C26H25N3O3S2. The Hall–Kier alpha value is -3.23. The van der Waals surface area contributed by atoms with Gasteiger partial charge >= 0.3 is 5.97 Å². The highest BCUT2D eigenvalue weighted by molar-refractivity contribution is 7.99. The van der Waals surface area contributed by atoms with Gasteiger partial charge in [-0.1, -0.05) is 65.9 Å². The molecule has 4 aromatic rings. The largest absolute Gasteiger partial charge is 0.490 e. The van der Waals surface area contributed by atoms with Crippen LogP contribution < -0.4 is 4.74 Å². The highest BCUT2D eigenvalue weighted by Gasteiger charge is 2.16. The minimum Gasteiger partial charge on any atom is -0.490 e. The molecule has 0 radical (unpaired) electrons. The van der Waals surface area contributed by atoms with Gasteiger partial charge in [-0.2, -0.15) is 0 Å². The van der Waals surface area contributed by atoms with E-state index in [1.54, 1.807) is 11.8 Å². The van der Waals surface area contributed by atoms with Gasteiger partial charge in [-0.15, -0.1) is 22.0 Å². The first-order chi connectivity index (χ1) is 16.7. The number of hydrogen-bond acceptors (Lipinski definition) is 7. The Bertz CT molecular complexity index is 1180. The van der Waals surface area contributed by atoms with Gasteiger partial charge < -0.3 is 9.47 Å². The van der Waals surface area contributed by atoms with Crippen molar-refractivity contribution < 1.29 is 14.3 Å². The second kappa shape index (κ2) is 12.3. The molecular weight excluding hydrogens is 466 g/mol. The Balaban J connectivity index is 1.35. The van der Waals surface area contributed by atoms with Gasteiger partial charge in [0.2, 0.25) is 0 Å². The van der Waals surface area contributed by atoms with Crippen molar-refractivity contribution in [3.05, 3.63) is 96.3 Å². The van der Waals surface area contributed by atoms with E-state index >= 15 is 0 Å². The summed E-state index contributed by atoms with van der Waals surface area (Å²) >= 11 is 3.02. The number of thioether (sulfide) groups is 2. The van der Waals surface area contributed by atoms with Crippen LogP contribution in [-0.4, -0.2) is 39.7 Å². The monoisotopic (exact) mass is 491 g/mol. The average molecular weight is 492 g/mol. The molecule has 0 saturated heterocycles. The minimum absolute atomic E-state index is 0.140. The lowest BCUT2D eigenvalue weighted by Crippen LogP contribution is -2.14. The maximum absolute atomic E-state index is 12.3. The van der Waals surface area contributed by atoms with Crippen LogP contribution >= 0.6 is 23.5 Å². The number of ether oxygens (including phenoxy) is 2. The number of nitrogens with zero attached hydrogens (tertiary/aromatic N) is 3. The summed E-state index contributed by atoms with van der Waals surface area (Å²) in [6, 6.07) is 27.8. The van der Waals surface area contributed by atoms with Crippen LogP contribution in [0.3, 0.4) is 0 Å². The molecule has 34 heavy (non-hydrogen) atoms. The van der Waals surface area contributed by atoms with Gasteiger partial charge in [-0.25, -0.2) is 0 Å². The van der Waals surface area contributed by atoms with Crippen molar-refractivity contribution in [2.45, 2.75) is 22.7 Å². The summed E-state index contributed by atoms with van der Waals surface area (Å²) in [5, 5.41) is 9.42. The molecule has 3 aromatic carbocycles. The van der Waals surface area contributed by atoms with E-state index in [1.165, 1.54) is 22.2 Å². The molecule has 174 valence electrons. The maximum Gasteiger partial charge on any atom is 0.316 e. The number of benzene rings is 3. The average Bonchev–Trinajstić information content (AvgIpc) is 3.29. The SMILES string of the molecule is Cc1ccc(SCc2nnc(SCC(=O)OCCOc3ccccc3)n2-c2ccccc2)cc1. The molecule has 0 N–H and O–H groups in total. The summed E-state index contributed by atoms with van der Waals surface area (Å²) in [6.45, 7) is 2.57. The van der Waals surface area contributed by atoms with E-state index in [9.17, 15) is 4.79 Å². The number of rotatable bonds is 11. The molecule has 0 fully saturated rings. The number of esters is 1. The highest BCUT2D eigenvalue weighted by atomic mass is 32.2. The molecule has 1 aromatic heterocycles. The number of aromatic nitrogens is 3. The first-order valence-electron chi connectivity index (χ1n) is 10.8. The zero-order valence-corrected chi connectivity index (χ0v) is 20.4. The van der Waals surface area contributed by atoms with Gasteiger partial charge in [0.15, 0.2) is 5.16 Å². The standard InChI is InChI=1S/C26H25N3O3S2/c1-20-12-14-23(15-13-20)33-18-24-27-28-26(29(24)21-8-4-2-5-9-21)34-19-25(30)32-17-16-31-22-10-6-3-7-11-22/h2-15H,16-19H2,1H3. The van der Waals surface area contributed by atoms with Crippen LogP contribution in [0.5, 0.6) is 5.75 Å². The fourth-order valence-electron chi connectivity index (χ4n) is 3.10. The van der Waals surface area contributed by atoms with Crippen LogP contribution in [0.4, 0.5) is 0 Å². The van der Waals surface area contributed by atoms with Gasteiger partial charge in [0.05, 0.1) is 11.5 Å². The van der Waals surface area contributed by atoms with Crippen molar-refractivity contribution in [2.75, 3.05) is 19.0 Å². The van der Waals surface area contributed by atoms with Crippen molar-refractivity contribution >= 4 is 29.5 Å². The summed E-state index contributed by atoms with van der Waals surface area (Å²) in [6.07, 6.45) is 0. The Kier molecular flexibility index (Phi) is 8.65. The van der Waals surface area contributed by atoms with Crippen molar-refractivity contribution in [3.8, 4) is 11.4 Å². The predicted octanol–water partition coefficient (Wildman–Crippen LogP) is 5.58. The van der Waals surface area contributed by atoms with Crippen molar-refractivity contribution in [2.24, 2.45) is 0 Å². The summed E-state index contributed by atoms with van der Waals surface area (Å²) < 4.78 is 12.9. The van der Waals surface area contributed by atoms with E-state index in [2.05, 4.69) is 41.4 Å². The fraction of sp³-hybridized carbons (Fsp3) is 0.192. The minimum atomic E-state index is -0.320. The molecule has 0 amide bonds. The fourth-order valence-corrected chi connectivity index (χ4v) is 4.68. The van der Waals surface area contributed by atoms with E-state index in [4.69, 9.17) is 9.47 Å². The summed E-state index contributed by atoms with van der Waals surface area (Å²) in [5.41, 5.74) is 2.19. The number of hydrogen-bond donors (Lipinski definition) is 0. The van der Waals surface area contributed by atoms with E-state index in [0.29, 0.717) is 17.5 Å². The number of carbonyl (C=O) groups is 1. The lowest BCUT2D eigenvalue weighted by Gasteiger charge is -2.10. The Morgan fingerprint density at radius 2 is 1.56 bits per heavy atom.